The zero-order chi connectivity index (χ0) is 22.5. The Morgan fingerprint density at radius 1 is 0.938 bits per heavy atom. The molecule has 2 aromatic carbocycles. The van der Waals surface area contributed by atoms with Gasteiger partial charge in [-0.05, 0) is 13.0 Å². The zero-order valence-electron chi connectivity index (χ0n) is 16.9. The molecule has 1 N–H and O–H groups in total. The number of aromatic nitrogens is 4. The molecule has 1 amide bonds. The number of carbonyl (C=O) groups excluding carboxylic acids is 1. The first kappa shape index (κ1) is 22.2. The summed E-state index contributed by atoms with van der Waals surface area (Å²) in [6.45, 7) is 1.75. The number of amides is 1. The maximum atomic E-state index is 12.7. The lowest BCUT2D eigenvalue weighted by Gasteiger charge is -2.13. The molecule has 32 heavy (non-hydrogen) atoms. The van der Waals surface area contributed by atoms with E-state index in [0.717, 1.165) is 11.1 Å². The highest BCUT2D eigenvalue weighted by molar-refractivity contribution is 8.00. The molecule has 160 valence electrons. The minimum Gasteiger partial charge on any atom is -0.308 e. The molecule has 0 aliphatic carbocycles. The molecule has 0 unspecified atom stereocenters. The number of carbonyl (C=O) groups is 1. The average Bonchev–Trinajstić information content (AvgIpc) is 2.82. The van der Waals surface area contributed by atoms with Gasteiger partial charge in [-0.3, -0.25) is 4.79 Å². The average molecular weight is 482 g/mol. The van der Waals surface area contributed by atoms with Crippen LogP contribution in [0.1, 0.15) is 6.92 Å². The summed E-state index contributed by atoms with van der Waals surface area (Å²) in [5, 5.41) is 11.9. The van der Waals surface area contributed by atoms with Gasteiger partial charge in [-0.25, -0.2) is 9.97 Å². The molecule has 0 bridgehead atoms. The highest BCUT2D eigenvalue weighted by Gasteiger charge is 2.20. The van der Waals surface area contributed by atoms with Crippen LogP contribution in [0.15, 0.2) is 78.1 Å². The minimum absolute atomic E-state index is 0.247. The Balaban J connectivity index is 1.59. The topological polar surface area (TPSA) is 80.7 Å². The van der Waals surface area contributed by atoms with Crippen molar-refractivity contribution in [2.24, 2.45) is 0 Å². The molecule has 4 aromatic rings. The van der Waals surface area contributed by atoms with Crippen LogP contribution in [0.25, 0.3) is 22.5 Å². The molecule has 0 aliphatic heterocycles. The van der Waals surface area contributed by atoms with Crippen LogP contribution in [-0.2, 0) is 4.79 Å². The zero-order valence-corrected chi connectivity index (χ0v) is 19.2. The van der Waals surface area contributed by atoms with Gasteiger partial charge in [0.05, 0.1) is 15.3 Å². The summed E-state index contributed by atoms with van der Waals surface area (Å²) in [6, 6.07) is 21.0. The van der Waals surface area contributed by atoms with Gasteiger partial charge in [-0.1, -0.05) is 95.6 Å². The molecule has 2 heterocycles. The number of pyridine rings is 1. The van der Waals surface area contributed by atoms with Gasteiger partial charge in [0.1, 0.15) is 11.4 Å². The van der Waals surface area contributed by atoms with Crippen molar-refractivity contribution in [3.63, 3.8) is 0 Å². The van der Waals surface area contributed by atoms with Gasteiger partial charge in [0.25, 0.3) is 0 Å². The van der Waals surface area contributed by atoms with Gasteiger partial charge in [0, 0.05) is 17.3 Å². The van der Waals surface area contributed by atoms with Crippen molar-refractivity contribution in [2.45, 2.75) is 17.3 Å². The van der Waals surface area contributed by atoms with E-state index >= 15 is 0 Å². The van der Waals surface area contributed by atoms with E-state index in [1.165, 1.54) is 24.0 Å². The van der Waals surface area contributed by atoms with Crippen molar-refractivity contribution < 1.29 is 4.79 Å². The van der Waals surface area contributed by atoms with Crippen molar-refractivity contribution in [2.75, 3.05) is 5.32 Å². The molecular weight excluding hydrogens is 465 g/mol. The van der Waals surface area contributed by atoms with E-state index < -0.39 is 5.25 Å². The van der Waals surface area contributed by atoms with Crippen LogP contribution in [0, 0.1) is 0 Å². The first-order chi connectivity index (χ1) is 15.5. The Bertz CT molecular complexity index is 1240. The number of hydrogen-bond acceptors (Lipinski definition) is 6. The molecule has 0 radical (unpaired) electrons. The lowest BCUT2D eigenvalue weighted by Crippen LogP contribution is -2.23. The second-order valence-electron chi connectivity index (χ2n) is 6.76. The van der Waals surface area contributed by atoms with Crippen molar-refractivity contribution >= 4 is 46.7 Å². The minimum atomic E-state index is -0.517. The predicted molar refractivity (Wildman–Crippen MR) is 129 cm³/mol. The maximum Gasteiger partial charge on any atom is 0.238 e. The molecule has 0 aliphatic rings. The van der Waals surface area contributed by atoms with Crippen LogP contribution < -0.4 is 5.32 Å². The summed E-state index contributed by atoms with van der Waals surface area (Å²) >= 11 is 13.2. The number of rotatable bonds is 6. The van der Waals surface area contributed by atoms with Gasteiger partial charge >= 0.3 is 0 Å². The van der Waals surface area contributed by atoms with Crippen LogP contribution in [0.2, 0.25) is 10.0 Å². The molecular formula is C23H17Cl2N5OS. The van der Waals surface area contributed by atoms with Crippen molar-refractivity contribution in [1.82, 2.24) is 20.2 Å². The molecule has 2 aromatic heterocycles. The summed E-state index contributed by atoms with van der Waals surface area (Å²) in [7, 11) is 0. The van der Waals surface area contributed by atoms with Crippen LogP contribution >= 0.6 is 35.0 Å². The number of halogens is 2. The van der Waals surface area contributed by atoms with Gasteiger partial charge in [0.2, 0.25) is 11.1 Å². The molecule has 1 atom stereocenters. The van der Waals surface area contributed by atoms with Crippen LogP contribution in [0.4, 0.5) is 5.82 Å². The van der Waals surface area contributed by atoms with Crippen LogP contribution in [0.3, 0.4) is 0 Å². The highest BCUT2D eigenvalue weighted by Crippen LogP contribution is 2.31. The summed E-state index contributed by atoms with van der Waals surface area (Å²) in [5.41, 5.74) is 3.20. The Morgan fingerprint density at radius 2 is 1.56 bits per heavy atom. The quantitative estimate of drug-likeness (QED) is 0.338. The third-order valence-corrected chi connectivity index (χ3v) is 5.91. The Morgan fingerprint density at radius 3 is 2.19 bits per heavy atom. The second kappa shape index (κ2) is 10.1. The molecule has 4 rings (SSSR count). The monoisotopic (exact) mass is 481 g/mol. The fraction of sp³-hybridized carbons (Fsp3) is 0.0870. The summed E-state index contributed by atoms with van der Waals surface area (Å²) < 4.78 is 0. The lowest BCUT2D eigenvalue weighted by molar-refractivity contribution is -0.115. The smallest absolute Gasteiger partial charge is 0.238 e. The van der Waals surface area contributed by atoms with E-state index in [0.29, 0.717) is 21.6 Å². The van der Waals surface area contributed by atoms with Crippen molar-refractivity contribution in [3.05, 3.63) is 83.0 Å². The van der Waals surface area contributed by atoms with E-state index in [2.05, 4.69) is 20.5 Å². The molecule has 9 heteroatoms. The van der Waals surface area contributed by atoms with Gasteiger partial charge in [-0.2, -0.15) is 0 Å². The Kier molecular flexibility index (Phi) is 6.99. The van der Waals surface area contributed by atoms with Crippen LogP contribution in [-0.4, -0.2) is 31.3 Å². The molecule has 0 fully saturated rings. The Hall–Kier alpha value is -3.00. The molecule has 6 nitrogen and oxygen atoms in total. The number of anilines is 1. The van der Waals surface area contributed by atoms with Crippen molar-refractivity contribution in [1.29, 1.82) is 0 Å². The number of nitrogens with one attached hydrogen (secondary N) is 1. The number of thioether (sulfide) groups is 1. The van der Waals surface area contributed by atoms with Gasteiger partial charge in [-0.15, -0.1) is 10.2 Å². The Labute approximate surface area is 199 Å². The summed E-state index contributed by atoms with van der Waals surface area (Å²) in [6.07, 6.45) is 1.42. The van der Waals surface area contributed by atoms with E-state index in [4.69, 9.17) is 28.2 Å². The lowest BCUT2D eigenvalue weighted by atomic mass is 10.0. The fourth-order valence-corrected chi connectivity index (χ4v) is 4.03. The van der Waals surface area contributed by atoms with Gasteiger partial charge < -0.3 is 5.32 Å². The maximum absolute atomic E-state index is 12.7. The van der Waals surface area contributed by atoms with E-state index in [-0.39, 0.29) is 16.7 Å². The van der Waals surface area contributed by atoms with Crippen molar-refractivity contribution in [3.8, 4) is 22.5 Å². The number of nitrogens with zero attached hydrogens (tertiary/aromatic N) is 4. The number of benzene rings is 2. The summed E-state index contributed by atoms with van der Waals surface area (Å²) in [5.74, 6) is -0.0410. The standard InChI is InChI=1S/C23H17Cl2N5OS/c1-14(22(31)28-21-18(25)12-17(24)13-26-21)32-23-27-19(15-8-4-2-5-9-15)20(29-30-23)16-10-6-3-7-11-16/h2-14H,1H3,(H,26,28,31)/t14-/m0/s1. The molecule has 0 spiro atoms. The predicted octanol–water partition coefficient (Wildman–Crippen LogP) is 6.03. The van der Waals surface area contributed by atoms with E-state index in [9.17, 15) is 4.79 Å². The SMILES string of the molecule is C[C@H](Sc1nnc(-c2ccccc2)c(-c2ccccc2)n1)C(=O)Nc1ncc(Cl)cc1Cl. The molecule has 0 saturated carbocycles. The van der Waals surface area contributed by atoms with E-state index in [1.807, 2.05) is 60.7 Å². The first-order valence-corrected chi connectivity index (χ1v) is 11.3. The summed E-state index contributed by atoms with van der Waals surface area (Å²) in [4.78, 5) is 21.4. The highest BCUT2D eigenvalue weighted by atomic mass is 35.5. The van der Waals surface area contributed by atoms with Gasteiger partial charge in [0.15, 0.2) is 5.82 Å². The largest absolute Gasteiger partial charge is 0.308 e. The third-order valence-electron chi connectivity index (χ3n) is 4.46. The van der Waals surface area contributed by atoms with E-state index in [1.54, 1.807) is 6.92 Å². The second-order valence-corrected chi connectivity index (χ2v) is 8.91. The number of hydrogen-bond donors (Lipinski definition) is 1. The van der Waals surface area contributed by atoms with Crippen LogP contribution in [0.5, 0.6) is 0 Å². The first-order valence-electron chi connectivity index (χ1n) is 9.65. The fourth-order valence-electron chi connectivity index (χ4n) is 2.89. The normalized spacial score (nSPS) is 11.7. The molecule has 0 saturated heterocycles. The third kappa shape index (κ3) is 5.24.